The van der Waals surface area contributed by atoms with Crippen LogP contribution in [0.25, 0.3) is 0 Å². The molecule has 0 unspecified atom stereocenters. The van der Waals surface area contributed by atoms with Gasteiger partial charge in [-0.2, -0.15) is 5.10 Å². The Hall–Kier alpha value is -3.81. The van der Waals surface area contributed by atoms with Gasteiger partial charge >= 0.3 is 0 Å². The van der Waals surface area contributed by atoms with Crippen molar-refractivity contribution in [3.63, 3.8) is 0 Å². The number of amides is 2. The molecule has 0 aliphatic carbocycles. The zero-order chi connectivity index (χ0) is 21.5. The number of carbonyl (C=O) groups is 2. The van der Waals surface area contributed by atoms with Crippen LogP contribution in [0, 0.1) is 0 Å². The normalized spacial score (nSPS) is 10.5. The molecule has 3 N–H and O–H groups in total. The van der Waals surface area contributed by atoms with Crippen LogP contribution in [0.3, 0.4) is 0 Å². The topological polar surface area (TPSA) is 108 Å². The van der Waals surface area contributed by atoms with E-state index in [2.05, 4.69) is 10.4 Å². The summed E-state index contributed by atoms with van der Waals surface area (Å²) in [5.41, 5.74) is 6.92. The third-order valence-corrected chi connectivity index (χ3v) is 4.30. The number of benzene rings is 2. The van der Waals surface area contributed by atoms with Gasteiger partial charge in [0.15, 0.2) is 5.69 Å². The number of nitrogens with one attached hydrogen (secondary N) is 1. The molecular weight excluding hydrogens is 384 g/mol. The summed E-state index contributed by atoms with van der Waals surface area (Å²) in [5.74, 6) is 0.419. The first kappa shape index (κ1) is 20.9. The maximum atomic E-state index is 12.7. The number of hydrogen-bond acceptors (Lipinski definition) is 5. The first-order valence-electron chi connectivity index (χ1n) is 9.63. The van der Waals surface area contributed by atoms with Crippen LogP contribution in [0.1, 0.15) is 40.3 Å². The molecule has 1 aromatic heterocycles. The van der Waals surface area contributed by atoms with Crippen LogP contribution < -0.4 is 20.5 Å². The summed E-state index contributed by atoms with van der Waals surface area (Å²) < 4.78 is 12.7. The lowest BCUT2D eigenvalue weighted by atomic mass is 10.1. The predicted molar refractivity (Wildman–Crippen MR) is 113 cm³/mol. The molecule has 0 aliphatic rings. The fraction of sp³-hybridized carbons (Fsp3) is 0.227. The van der Waals surface area contributed by atoms with Crippen LogP contribution in [0.15, 0.2) is 54.7 Å². The number of primary amides is 1. The Balaban J connectivity index is 1.67. The molecule has 30 heavy (non-hydrogen) atoms. The molecule has 0 spiro atoms. The average molecular weight is 408 g/mol. The third kappa shape index (κ3) is 5.16. The summed E-state index contributed by atoms with van der Waals surface area (Å²) in [6.45, 7) is 5.26. The molecule has 0 atom stereocenters. The molecular formula is C22H24N4O4. The van der Waals surface area contributed by atoms with Gasteiger partial charge in [-0.1, -0.05) is 12.1 Å². The SMILES string of the molecule is CCOc1ccc(OCc2cccc(C(=O)Nc3cn(CC)nc3C(N)=O)c2)cc1. The molecule has 1 heterocycles. The lowest BCUT2D eigenvalue weighted by molar-refractivity contribution is 0.0995. The van der Waals surface area contributed by atoms with Gasteiger partial charge in [-0.05, 0) is 55.8 Å². The Morgan fingerprint density at radius 2 is 1.77 bits per heavy atom. The summed E-state index contributed by atoms with van der Waals surface area (Å²) in [7, 11) is 0. The quantitative estimate of drug-likeness (QED) is 0.565. The molecule has 3 rings (SSSR count). The maximum absolute atomic E-state index is 12.7. The van der Waals surface area contributed by atoms with Crippen LogP contribution in [0.4, 0.5) is 5.69 Å². The summed E-state index contributed by atoms with van der Waals surface area (Å²) >= 11 is 0. The minimum absolute atomic E-state index is 0.0280. The maximum Gasteiger partial charge on any atom is 0.271 e. The first-order chi connectivity index (χ1) is 14.5. The van der Waals surface area contributed by atoms with Gasteiger partial charge in [-0.3, -0.25) is 14.3 Å². The first-order valence-corrected chi connectivity index (χ1v) is 9.63. The van der Waals surface area contributed by atoms with Crippen LogP contribution in [-0.2, 0) is 13.2 Å². The number of carbonyl (C=O) groups excluding carboxylic acids is 2. The highest BCUT2D eigenvalue weighted by molar-refractivity contribution is 6.08. The molecule has 0 saturated carbocycles. The second-order valence-corrected chi connectivity index (χ2v) is 6.46. The van der Waals surface area contributed by atoms with Crippen molar-refractivity contribution < 1.29 is 19.1 Å². The molecule has 0 saturated heterocycles. The van der Waals surface area contributed by atoms with E-state index >= 15 is 0 Å². The van der Waals surface area contributed by atoms with Crippen LogP contribution in [0.2, 0.25) is 0 Å². The second kappa shape index (κ2) is 9.60. The summed E-state index contributed by atoms with van der Waals surface area (Å²) in [6, 6.07) is 14.4. The molecule has 156 valence electrons. The van der Waals surface area contributed by atoms with Crippen molar-refractivity contribution in [2.75, 3.05) is 11.9 Å². The molecule has 0 bridgehead atoms. The standard InChI is InChI=1S/C22H24N4O4/c1-3-26-13-19(20(25-26)21(23)27)24-22(28)16-7-5-6-15(12-16)14-30-18-10-8-17(9-11-18)29-4-2/h5-13H,3-4,14H2,1-2H3,(H2,23,27)(H,24,28). The lowest BCUT2D eigenvalue weighted by Crippen LogP contribution is -2.18. The van der Waals surface area contributed by atoms with E-state index in [0.717, 1.165) is 11.3 Å². The fourth-order valence-corrected chi connectivity index (χ4v) is 2.82. The molecule has 3 aromatic rings. The molecule has 0 aliphatic heterocycles. The summed E-state index contributed by atoms with van der Waals surface area (Å²) in [6.07, 6.45) is 1.58. The van der Waals surface area contributed by atoms with Gasteiger partial charge in [0.2, 0.25) is 0 Å². The smallest absolute Gasteiger partial charge is 0.271 e. The second-order valence-electron chi connectivity index (χ2n) is 6.46. The molecule has 0 radical (unpaired) electrons. The summed E-state index contributed by atoms with van der Waals surface area (Å²) in [4.78, 5) is 24.2. The van der Waals surface area contributed by atoms with Crippen molar-refractivity contribution in [1.82, 2.24) is 9.78 Å². The molecule has 8 heteroatoms. The van der Waals surface area contributed by atoms with Crippen LogP contribution >= 0.6 is 0 Å². The van der Waals surface area contributed by atoms with Gasteiger partial charge in [0.1, 0.15) is 18.1 Å². The Morgan fingerprint density at radius 1 is 1.07 bits per heavy atom. The number of aromatic nitrogens is 2. The Labute approximate surface area is 174 Å². The van der Waals surface area contributed by atoms with E-state index in [0.29, 0.717) is 31.1 Å². The van der Waals surface area contributed by atoms with Gasteiger partial charge in [-0.25, -0.2) is 0 Å². The number of nitrogens with two attached hydrogens (primary N) is 1. The number of nitrogens with zero attached hydrogens (tertiary/aromatic N) is 2. The number of rotatable bonds is 9. The van der Waals surface area contributed by atoms with Gasteiger partial charge in [0, 0.05) is 18.3 Å². The third-order valence-electron chi connectivity index (χ3n) is 4.30. The van der Waals surface area contributed by atoms with Crippen LogP contribution in [-0.4, -0.2) is 28.2 Å². The Kier molecular flexibility index (Phi) is 6.69. The van der Waals surface area contributed by atoms with E-state index in [1.165, 1.54) is 4.68 Å². The molecule has 2 amide bonds. The van der Waals surface area contributed by atoms with Crippen molar-refractivity contribution in [3.05, 3.63) is 71.5 Å². The van der Waals surface area contributed by atoms with Crippen molar-refractivity contribution in [1.29, 1.82) is 0 Å². The van der Waals surface area contributed by atoms with E-state index in [-0.39, 0.29) is 17.3 Å². The molecule has 0 fully saturated rings. The monoisotopic (exact) mass is 408 g/mol. The van der Waals surface area contributed by atoms with E-state index < -0.39 is 5.91 Å². The molecule has 8 nitrogen and oxygen atoms in total. The minimum Gasteiger partial charge on any atom is -0.494 e. The number of aryl methyl sites for hydroxylation is 1. The van der Waals surface area contributed by atoms with Gasteiger partial charge in [-0.15, -0.1) is 0 Å². The van der Waals surface area contributed by atoms with Crippen LogP contribution in [0.5, 0.6) is 11.5 Å². The van der Waals surface area contributed by atoms with Crippen molar-refractivity contribution in [3.8, 4) is 11.5 Å². The Bertz CT molecular complexity index is 1030. The molecule has 2 aromatic carbocycles. The van der Waals surface area contributed by atoms with Gasteiger partial charge in [0.25, 0.3) is 11.8 Å². The fourth-order valence-electron chi connectivity index (χ4n) is 2.82. The number of ether oxygens (including phenoxy) is 2. The number of anilines is 1. The lowest BCUT2D eigenvalue weighted by Gasteiger charge is -2.09. The highest BCUT2D eigenvalue weighted by Crippen LogP contribution is 2.19. The van der Waals surface area contributed by atoms with E-state index in [9.17, 15) is 9.59 Å². The van der Waals surface area contributed by atoms with Gasteiger partial charge < -0.3 is 20.5 Å². The van der Waals surface area contributed by atoms with Crippen molar-refractivity contribution >= 4 is 17.5 Å². The predicted octanol–water partition coefficient (Wildman–Crippen LogP) is 3.23. The average Bonchev–Trinajstić information content (AvgIpc) is 3.17. The zero-order valence-electron chi connectivity index (χ0n) is 16.9. The van der Waals surface area contributed by atoms with E-state index in [1.54, 1.807) is 24.4 Å². The van der Waals surface area contributed by atoms with Crippen molar-refractivity contribution in [2.45, 2.75) is 27.0 Å². The van der Waals surface area contributed by atoms with E-state index in [4.69, 9.17) is 15.2 Å². The number of hydrogen-bond donors (Lipinski definition) is 2. The van der Waals surface area contributed by atoms with E-state index in [1.807, 2.05) is 44.2 Å². The highest BCUT2D eigenvalue weighted by Gasteiger charge is 2.17. The Morgan fingerprint density at radius 3 is 2.40 bits per heavy atom. The highest BCUT2D eigenvalue weighted by atomic mass is 16.5. The minimum atomic E-state index is -0.699. The van der Waals surface area contributed by atoms with Crippen molar-refractivity contribution in [2.24, 2.45) is 5.73 Å². The summed E-state index contributed by atoms with van der Waals surface area (Å²) in [5, 5.41) is 6.78. The zero-order valence-corrected chi connectivity index (χ0v) is 16.9. The largest absolute Gasteiger partial charge is 0.494 e. The van der Waals surface area contributed by atoms with Gasteiger partial charge in [0.05, 0.1) is 12.3 Å².